The molecule has 0 saturated carbocycles. The summed E-state index contributed by atoms with van der Waals surface area (Å²) in [5, 5.41) is 0. The molecule has 1 aromatic heterocycles. The average molecular weight is 511 g/mol. The van der Waals surface area contributed by atoms with Crippen molar-refractivity contribution in [3.05, 3.63) is 46.6 Å². The van der Waals surface area contributed by atoms with Gasteiger partial charge in [0.25, 0.3) is 0 Å². The zero-order valence-corrected chi connectivity index (χ0v) is 19.7. The van der Waals surface area contributed by atoms with E-state index >= 15 is 0 Å². The third kappa shape index (κ3) is 5.52. The van der Waals surface area contributed by atoms with Crippen LogP contribution in [0.1, 0.15) is 24.8 Å². The van der Waals surface area contributed by atoms with Gasteiger partial charge in [-0.05, 0) is 6.42 Å². The summed E-state index contributed by atoms with van der Waals surface area (Å²) >= 11 is 1.53. The number of nitrogens with zero attached hydrogens (tertiary/aromatic N) is 1. The molecule has 1 aliphatic rings. The molecule has 25 heavy (non-hydrogen) atoms. The first-order valence-electron chi connectivity index (χ1n) is 8.91. The van der Waals surface area contributed by atoms with Crippen molar-refractivity contribution in [1.29, 1.82) is 0 Å². The Balaban J connectivity index is 1.74. The molecule has 1 unspecified atom stereocenters. The maximum atomic E-state index is 5.93. The van der Waals surface area contributed by atoms with Gasteiger partial charge in [0.2, 0.25) is 0 Å². The molecular formula is C20H26BrNO2Sn. The molecule has 1 fully saturated rings. The van der Waals surface area contributed by atoms with Crippen LogP contribution in [0, 0.1) is 0 Å². The topological polar surface area (TPSA) is 31.4 Å². The van der Waals surface area contributed by atoms with E-state index < -0.39 is 18.4 Å². The standard InChI is InChI=1S/C17H17BrNO2.3CH3.Sn/c18-16-9-13(12-21-17-5-1-2-7-20-17)8-15(10-16)14-4-3-6-19-11-14;;;;/h3-4,8-11,17H,1-2,5,7,12H2;3*1H3;. The van der Waals surface area contributed by atoms with Gasteiger partial charge in [0, 0.05) is 0 Å². The summed E-state index contributed by atoms with van der Waals surface area (Å²) in [6.45, 7) is 1.38. The number of ether oxygens (including phenoxy) is 2. The molecule has 2 aromatic rings. The fourth-order valence-electron chi connectivity index (χ4n) is 2.94. The Labute approximate surface area is 163 Å². The average Bonchev–Trinajstić information content (AvgIpc) is 2.60. The second kappa shape index (κ2) is 8.51. The second-order valence-electron chi connectivity index (χ2n) is 7.64. The molecule has 1 aromatic carbocycles. The van der Waals surface area contributed by atoms with Crippen LogP contribution in [0.5, 0.6) is 0 Å². The SMILES string of the molecule is [CH3][Sn]([CH3])([CH3])[c]1ccc(-c2cc(Br)cc(COC3CCCCO3)c2)cn1. The Kier molecular flexibility index (Phi) is 6.58. The summed E-state index contributed by atoms with van der Waals surface area (Å²) in [6.07, 6.45) is 5.27. The van der Waals surface area contributed by atoms with Gasteiger partial charge in [-0.15, -0.1) is 0 Å². The molecular weight excluding hydrogens is 485 g/mol. The van der Waals surface area contributed by atoms with Gasteiger partial charge in [0.1, 0.15) is 0 Å². The summed E-state index contributed by atoms with van der Waals surface area (Å²) < 4.78 is 14.0. The summed E-state index contributed by atoms with van der Waals surface area (Å²) in [5.41, 5.74) is 3.47. The zero-order valence-electron chi connectivity index (χ0n) is 15.2. The van der Waals surface area contributed by atoms with E-state index in [1.807, 2.05) is 6.20 Å². The molecule has 0 spiro atoms. The van der Waals surface area contributed by atoms with E-state index in [0.29, 0.717) is 6.61 Å². The van der Waals surface area contributed by atoms with Crippen LogP contribution in [-0.4, -0.2) is 36.3 Å². The molecule has 0 aliphatic carbocycles. The molecule has 1 saturated heterocycles. The van der Waals surface area contributed by atoms with Crippen LogP contribution in [-0.2, 0) is 16.1 Å². The molecule has 3 rings (SSSR count). The van der Waals surface area contributed by atoms with E-state index in [1.54, 1.807) is 0 Å². The molecule has 0 amide bonds. The van der Waals surface area contributed by atoms with Gasteiger partial charge >= 0.3 is 157 Å². The van der Waals surface area contributed by atoms with E-state index in [-0.39, 0.29) is 6.29 Å². The molecule has 0 bridgehead atoms. The molecule has 0 radical (unpaired) electrons. The van der Waals surface area contributed by atoms with Crippen molar-refractivity contribution in [3.63, 3.8) is 0 Å². The Bertz CT molecular complexity index is 707. The van der Waals surface area contributed by atoms with Crippen molar-refractivity contribution < 1.29 is 9.47 Å². The van der Waals surface area contributed by atoms with Crippen LogP contribution < -0.4 is 3.71 Å². The van der Waals surface area contributed by atoms with Gasteiger partial charge in [-0.2, -0.15) is 0 Å². The molecule has 134 valence electrons. The van der Waals surface area contributed by atoms with Crippen LogP contribution in [0.15, 0.2) is 41.0 Å². The van der Waals surface area contributed by atoms with Crippen molar-refractivity contribution in [1.82, 2.24) is 4.98 Å². The van der Waals surface area contributed by atoms with Crippen LogP contribution in [0.3, 0.4) is 0 Å². The predicted octanol–water partition coefficient (Wildman–Crippen LogP) is 5.10. The van der Waals surface area contributed by atoms with Gasteiger partial charge < -0.3 is 0 Å². The van der Waals surface area contributed by atoms with E-state index in [2.05, 4.69) is 61.1 Å². The first kappa shape index (κ1) is 19.3. The summed E-state index contributed by atoms with van der Waals surface area (Å²) in [5.74, 6) is 0. The summed E-state index contributed by atoms with van der Waals surface area (Å²) in [4.78, 5) is 11.9. The maximum absolute atomic E-state index is 5.93. The van der Waals surface area contributed by atoms with Crippen molar-refractivity contribution in [2.24, 2.45) is 0 Å². The minimum absolute atomic E-state index is 0.0589. The minimum atomic E-state index is -2.10. The fourth-order valence-corrected chi connectivity index (χ4v) is 6.44. The second-order valence-corrected chi connectivity index (χ2v) is 22.9. The third-order valence-corrected chi connectivity index (χ3v) is 10.1. The fraction of sp³-hybridized carbons (Fsp3) is 0.450. The summed E-state index contributed by atoms with van der Waals surface area (Å²) in [7, 11) is 0. The van der Waals surface area contributed by atoms with Crippen LogP contribution in [0.25, 0.3) is 11.1 Å². The number of rotatable bonds is 5. The van der Waals surface area contributed by atoms with E-state index in [4.69, 9.17) is 14.5 Å². The first-order chi connectivity index (χ1) is 11.9. The number of hydrogen-bond donors (Lipinski definition) is 0. The Morgan fingerprint density at radius 1 is 1.16 bits per heavy atom. The van der Waals surface area contributed by atoms with Crippen LogP contribution in [0.4, 0.5) is 0 Å². The number of aromatic nitrogens is 1. The number of pyridine rings is 1. The number of benzene rings is 1. The predicted molar refractivity (Wildman–Crippen MR) is 109 cm³/mol. The normalized spacial score (nSPS) is 18.3. The number of halogens is 1. The van der Waals surface area contributed by atoms with E-state index in [0.717, 1.165) is 35.0 Å². The zero-order chi connectivity index (χ0) is 17.9. The molecule has 0 N–H and O–H groups in total. The van der Waals surface area contributed by atoms with Crippen molar-refractivity contribution in [3.8, 4) is 11.1 Å². The first-order valence-corrected chi connectivity index (χ1v) is 19.7. The summed E-state index contributed by atoms with van der Waals surface area (Å²) in [6, 6.07) is 10.8. The molecule has 1 atom stereocenters. The van der Waals surface area contributed by atoms with Gasteiger partial charge in [-0.1, -0.05) is 0 Å². The molecule has 5 heteroatoms. The quantitative estimate of drug-likeness (QED) is 0.524. The Morgan fingerprint density at radius 2 is 2.00 bits per heavy atom. The van der Waals surface area contributed by atoms with Crippen LogP contribution >= 0.6 is 15.9 Å². The van der Waals surface area contributed by atoms with Gasteiger partial charge in [0.05, 0.1) is 0 Å². The van der Waals surface area contributed by atoms with Crippen LogP contribution in [0.2, 0.25) is 14.8 Å². The number of hydrogen-bond acceptors (Lipinski definition) is 3. The molecule has 2 heterocycles. The Hall–Kier alpha value is -0.431. The van der Waals surface area contributed by atoms with Gasteiger partial charge in [-0.3, -0.25) is 0 Å². The van der Waals surface area contributed by atoms with Crippen molar-refractivity contribution >= 4 is 38.0 Å². The van der Waals surface area contributed by atoms with E-state index in [1.165, 1.54) is 15.7 Å². The van der Waals surface area contributed by atoms with Crippen molar-refractivity contribution in [2.75, 3.05) is 6.61 Å². The molecule has 3 nitrogen and oxygen atoms in total. The third-order valence-electron chi connectivity index (χ3n) is 4.40. The van der Waals surface area contributed by atoms with Gasteiger partial charge in [-0.25, -0.2) is 0 Å². The van der Waals surface area contributed by atoms with Crippen molar-refractivity contribution in [2.45, 2.75) is 47.0 Å². The Morgan fingerprint density at radius 3 is 2.64 bits per heavy atom. The monoisotopic (exact) mass is 511 g/mol. The van der Waals surface area contributed by atoms with E-state index in [9.17, 15) is 0 Å². The molecule has 1 aliphatic heterocycles. The van der Waals surface area contributed by atoms with Gasteiger partial charge in [0.15, 0.2) is 0 Å².